The molecule has 3 N–H and O–H groups in total. The molecular formula is C8H15NO. The minimum Gasteiger partial charge on any atom is -0.396 e. The lowest BCUT2D eigenvalue weighted by molar-refractivity contribution is 0.159. The summed E-state index contributed by atoms with van der Waals surface area (Å²) < 4.78 is 0. The third-order valence-electron chi connectivity index (χ3n) is 3.37. The van der Waals surface area contributed by atoms with Crippen molar-refractivity contribution >= 4 is 0 Å². The molecule has 2 saturated carbocycles. The van der Waals surface area contributed by atoms with Crippen LogP contribution in [0.3, 0.4) is 0 Å². The Kier molecular flexibility index (Phi) is 1.46. The maximum atomic E-state index is 8.98. The molecule has 2 aliphatic rings. The van der Waals surface area contributed by atoms with Crippen molar-refractivity contribution in [2.75, 3.05) is 6.61 Å². The lowest BCUT2D eigenvalue weighted by Crippen LogP contribution is -2.37. The maximum absolute atomic E-state index is 8.98. The van der Waals surface area contributed by atoms with Crippen LogP contribution in [0, 0.1) is 17.8 Å². The van der Waals surface area contributed by atoms with E-state index in [1.165, 1.54) is 19.3 Å². The van der Waals surface area contributed by atoms with E-state index in [0.717, 1.165) is 11.8 Å². The van der Waals surface area contributed by atoms with Crippen LogP contribution in [0.5, 0.6) is 0 Å². The van der Waals surface area contributed by atoms with E-state index in [9.17, 15) is 0 Å². The summed E-state index contributed by atoms with van der Waals surface area (Å²) in [7, 11) is 0. The summed E-state index contributed by atoms with van der Waals surface area (Å²) in [5.74, 6) is 1.92. The second-order valence-corrected chi connectivity index (χ2v) is 3.76. The summed E-state index contributed by atoms with van der Waals surface area (Å²) >= 11 is 0. The number of rotatable bonds is 1. The first-order valence-corrected chi connectivity index (χ1v) is 4.19. The monoisotopic (exact) mass is 141 g/mol. The van der Waals surface area contributed by atoms with Crippen molar-refractivity contribution < 1.29 is 5.11 Å². The number of nitrogens with two attached hydrogens (primary N) is 1. The molecule has 2 fully saturated rings. The normalized spacial score (nSPS) is 52.2. The number of hydrogen-bond acceptors (Lipinski definition) is 2. The zero-order valence-electron chi connectivity index (χ0n) is 6.16. The Labute approximate surface area is 61.4 Å². The first kappa shape index (κ1) is 6.62. The Morgan fingerprint density at radius 2 is 2.00 bits per heavy atom. The van der Waals surface area contributed by atoms with Gasteiger partial charge in [-0.15, -0.1) is 0 Å². The van der Waals surface area contributed by atoms with E-state index in [0.29, 0.717) is 18.6 Å². The lowest BCUT2D eigenvalue weighted by Gasteiger charge is -2.25. The van der Waals surface area contributed by atoms with Crippen LogP contribution in [0.4, 0.5) is 0 Å². The number of hydrogen-bond donors (Lipinski definition) is 2. The average Bonchev–Trinajstić information content (AvgIpc) is 2.46. The van der Waals surface area contributed by atoms with E-state index in [-0.39, 0.29) is 0 Å². The van der Waals surface area contributed by atoms with Gasteiger partial charge in [-0.2, -0.15) is 0 Å². The predicted octanol–water partition coefficient (Wildman–Crippen LogP) is 0.352. The van der Waals surface area contributed by atoms with E-state index < -0.39 is 0 Å². The molecule has 0 saturated heterocycles. The van der Waals surface area contributed by atoms with Crippen molar-refractivity contribution in [1.82, 2.24) is 0 Å². The van der Waals surface area contributed by atoms with Crippen molar-refractivity contribution in [1.29, 1.82) is 0 Å². The lowest BCUT2D eigenvalue weighted by atomic mass is 9.86. The topological polar surface area (TPSA) is 46.2 Å². The molecule has 0 aromatic heterocycles. The summed E-state index contributed by atoms with van der Waals surface area (Å²) in [5.41, 5.74) is 5.91. The minimum absolute atomic E-state index is 0.308. The second-order valence-electron chi connectivity index (χ2n) is 3.76. The summed E-state index contributed by atoms with van der Waals surface area (Å²) in [6.07, 6.45) is 3.90. The van der Waals surface area contributed by atoms with E-state index in [2.05, 4.69) is 0 Å². The summed E-state index contributed by atoms with van der Waals surface area (Å²) in [6.45, 7) is 0.308. The van der Waals surface area contributed by atoms with Gasteiger partial charge in [-0.05, 0) is 31.1 Å². The zero-order chi connectivity index (χ0) is 7.14. The van der Waals surface area contributed by atoms with Gasteiger partial charge in [0.15, 0.2) is 0 Å². The quantitative estimate of drug-likeness (QED) is 0.553. The fourth-order valence-corrected chi connectivity index (χ4v) is 2.73. The Balaban J connectivity index is 2.10. The predicted molar refractivity (Wildman–Crippen MR) is 39.4 cm³/mol. The number of aliphatic hydroxyl groups excluding tert-OH is 1. The maximum Gasteiger partial charge on any atom is 0.0476 e. The van der Waals surface area contributed by atoms with Gasteiger partial charge < -0.3 is 10.8 Å². The first-order valence-electron chi connectivity index (χ1n) is 4.19. The molecule has 2 rings (SSSR count). The van der Waals surface area contributed by atoms with Crippen molar-refractivity contribution in [3.63, 3.8) is 0 Å². The van der Waals surface area contributed by atoms with Crippen LogP contribution in [-0.4, -0.2) is 17.8 Å². The van der Waals surface area contributed by atoms with Gasteiger partial charge in [0.05, 0.1) is 0 Å². The fraction of sp³-hybridized carbons (Fsp3) is 1.00. The van der Waals surface area contributed by atoms with Gasteiger partial charge >= 0.3 is 0 Å². The molecule has 0 unspecified atom stereocenters. The van der Waals surface area contributed by atoms with Crippen LogP contribution < -0.4 is 5.73 Å². The first-order chi connectivity index (χ1) is 4.83. The molecule has 10 heavy (non-hydrogen) atoms. The van der Waals surface area contributed by atoms with Crippen LogP contribution in [-0.2, 0) is 0 Å². The molecule has 0 amide bonds. The van der Waals surface area contributed by atoms with Crippen LogP contribution in [0.25, 0.3) is 0 Å². The molecule has 0 aromatic carbocycles. The van der Waals surface area contributed by atoms with Gasteiger partial charge in [-0.25, -0.2) is 0 Å². The molecule has 0 heterocycles. The van der Waals surface area contributed by atoms with Gasteiger partial charge in [0.25, 0.3) is 0 Å². The zero-order valence-corrected chi connectivity index (χ0v) is 6.16. The van der Waals surface area contributed by atoms with E-state index in [1.54, 1.807) is 0 Å². The third-order valence-corrected chi connectivity index (χ3v) is 3.37. The van der Waals surface area contributed by atoms with E-state index >= 15 is 0 Å². The Hall–Kier alpha value is -0.0800. The van der Waals surface area contributed by atoms with Crippen molar-refractivity contribution in [2.24, 2.45) is 23.5 Å². The highest BCUT2D eigenvalue weighted by Crippen LogP contribution is 2.47. The van der Waals surface area contributed by atoms with Gasteiger partial charge in [0.2, 0.25) is 0 Å². The minimum atomic E-state index is 0.308. The SMILES string of the molecule is N[C@@H]1[C@H]2CC[C@H](C2)[C@H]1CO. The molecule has 58 valence electrons. The Bertz CT molecular complexity index is 135. The highest BCUT2D eigenvalue weighted by atomic mass is 16.3. The van der Waals surface area contributed by atoms with Crippen LogP contribution in [0.15, 0.2) is 0 Å². The summed E-state index contributed by atoms with van der Waals surface area (Å²) in [4.78, 5) is 0. The Morgan fingerprint density at radius 3 is 2.40 bits per heavy atom. The van der Waals surface area contributed by atoms with Crippen LogP contribution in [0.1, 0.15) is 19.3 Å². The van der Waals surface area contributed by atoms with Crippen molar-refractivity contribution in [3.05, 3.63) is 0 Å². The van der Waals surface area contributed by atoms with Gasteiger partial charge in [-0.3, -0.25) is 0 Å². The Morgan fingerprint density at radius 1 is 1.30 bits per heavy atom. The third kappa shape index (κ3) is 0.722. The van der Waals surface area contributed by atoms with Crippen molar-refractivity contribution in [3.8, 4) is 0 Å². The van der Waals surface area contributed by atoms with Crippen molar-refractivity contribution in [2.45, 2.75) is 25.3 Å². The second kappa shape index (κ2) is 2.21. The molecule has 2 nitrogen and oxygen atoms in total. The molecule has 2 heteroatoms. The van der Waals surface area contributed by atoms with Gasteiger partial charge in [0, 0.05) is 18.6 Å². The number of fused-ring (bicyclic) bond motifs is 2. The molecule has 4 atom stereocenters. The smallest absolute Gasteiger partial charge is 0.0476 e. The average molecular weight is 141 g/mol. The molecule has 0 radical (unpaired) electrons. The highest BCUT2D eigenvalue weighted by molar-refractivity contribution is 4.98. The van der Waals surface area contributed by atoms with E-state index in [1.807, 2.05) is 0 Å². The molecule has 0 aromatic rings. The summed E-state index contributed by atoms with van der Waals surface area (Å²) in [5, 5.41) is 8.98. The van der Waals surface area contributed by atoms with E-state index in [4.69, 9.17) is 10.8 Å². The fourth-order valence-electron chi connectivity index (χ4n) is 2.73. The largest absolute Gasteiger partial charge is 0.396 e. The molecule has 0 spiro atoms. The molecule has 2 bridgehead atoms. The van der Waals surface area contributed by atoms with Gasteiger partial charge in [-0.1, -0.05) is 0 Å². The van der Waals surface area contributed by atoms with Crippen LogP contribution in [0.2, 0.25) is 0 Å². The van der Waals surface area contributed by atoms with Crippen LogP contribution >= 0.6 is 0 Å². The molecule has 2 aliphatic carbocycles. The molecular weight excluding hydrogens is 126 g/mol. The standard InChI is InChI=1S/C8H15NO/c9-8-6-2-1-5(3-6)7(8)4-10/h5-8,10H,1-4,9H2/t5-,6+,7-,8-/m1/s1. The highest BCUT2D eigenvalue weighted by Gasteiger charge is 2.44. The summed E-state index contributed by atoms with van der Waals surface area (Å²) in [6, 6.07) is 0.309. The number of aliphatic hydroxyl groups is 1. The molecule has 0 aliphatic heterocycles. The van der Waals surface area contributed by atoms with Gasteiger partial charge in [0.1, 0.15) is 0 Å².